The third-order valence-electron chi connectivity index (χ3n) is 7.67. The van der Waals surface area contributed by atoms with Gasteiger partial charge in [0.25, 0.3) is 0 Å². The Labute approximate surface area is 226 Å². The molecule has 6 atom stereocenters. The minimum Gasteiger partial charge on any atom is -0.507 e. The van der Waals surface area contributed by atoms with Crippen LogP contribution in [-0.4, -0.2) is 86.7 Å². The quantitative estimate of drug-likeness (QED) is 0.124. The Hall–Kier alpha value is -4.04. The van der Waals surface area contributed by atoms with Crippen LogP contribution in [0.2, 0.25) is 0 Å². The molecule has 5 unspecified atom stereocenters. The molecule has 0 saturated carbocycles. The highest BCUT2D eigenvalue weighted by Gasteiger charge is 2.51. The van der Waals surface area contributed by atoms with Crippen LogP contribution in [0, 0.1) is 0 Å². The van der Waals surface area contributed by atoms with Crippen molar-refractivity contribution in [3.8, 4) is 17.2 Å². The first-order chi connectivity index (χ1) is 18.9. The number of ketones is 3. The van der Waals surface area contributed by atoms with Gasteiger partial charge in [0.05, 0.1) is 42.6 Å². The van der Waals surface area contributed by atoms with Gasteiger partial charge in [-0.15, -0.1) is 0 Å². The number of phenols is 2. The van der Waals surface area contributed by atoms with Gasteiger partial charge in [-0.25, -0.2) is 0 Å². The zero-order valence-electron chi connectivity index (χ0n) is 21.3. The lowest BCUT2D eigenvalue weighted by Crippen LogP contribution is -2.46. The second kappa shape index (κ2) is 9.86. The number of fused-ring (bicyclic) bond motifs is 3. The summed E-state index contributed by atoms with van der Waals surface area (Å²) in [6.45, 7) is 0.764. The van der Waals surface area contributed by atoms with Gasteiger partial charge in [0.1, 0.15) is 35.1 Å². The summed E-state index contributed by atoms with van der Waals surface area (Å²) >= 11 is 0. The van der Waals surface area contributed by atoms with E-state index in [0.717, 1.165) is 6.92 Å². The molecule has 0 amide bonds. The predicted molar refractivity (Wildman–Crippen MR) is 132 cm³/mol. The number of carbonyl (C=O) groups excluding carboxylic acids is 3. The van der Waals surface area contributed by atoms with E-state index in [1.807, 2.05) is 0 Å². The van der Waals surface area contributed by atoms with Gasteiger partial charge in [0.2, 0.25) is 5.78 Å². The maximum Gasteiger partial charge on any atom is 0.202 e. The Kier molecular flexibility index (Phi) is 6.78. The Bertz CT molecular complexity index is 1500. The van der Waals surface area contributed by atoms with E-state index in [0.29, 0.717) is 0 Å². The number of aliphatic hydroxyl groups excluding tert-OH is 2. The number of aliphatic hydroxyl groups is 3. The number of nitrogens with zero attached hydrogens (tertiary/aromatic N) is 3. The summed E-state index contributed by atoms with van der Waals surface area (Å²) in [5.41, 5.74) is 4.81. The van der Waals surface area contributed by atoms with Crippen LogP contribution in [0.15, 0.2) is 23.3 Å². The summed E-state index contributed by atoms with van der Waals surface area (Å²) in [5, 5.41) is 58.1. The molecule has 14 heteroatoms. The molecule has 1 heterocycles. The zero-order chi connectivity index (χ0) is 29.1. The summed E-state index contributed by atoms with van der Waals surface area (Å²) in [4.78, 5) is 42.2. The molecule has 0 spiro atoms. The van der Waals surface area contributed by atoms with Crippen molar-refractivity contribution in [2.45, 2.75) is 56.1 Å². The first-order valence-corrected chi connectivity index (χ1v) is 12.2. The molecule has 2 aliphatic carbocycles. The lowest BCUT2D eigenvalue weighted by atomic mass is 9.72. The van der Waals surface area contributed by atoms with Gasteiger partial charge in [-0.1, -0.05) is 17.2 Å². The third kappa shape index (κ3) is 4.01. The van der Waals surface area contributed by atoms with E-state index in [1.165, 1.54) is 25.3 Å². The number of rotatable bonds is 6. The van der Waals surface area contributed by atoms with E-state index in [1.54, 1.807) is 0 Å². The molecule has 1 saturated heterocycles. The Balaban J connectivity index is 1.66. The Morgan fingerprint density at radius 1 is 1.15 bits per heavy atom. The number of benzene rings is 2. The average molecular weight is 555 g/mol. The zero-order valence-corrected chi connectivity index (χ0v) is 21.3. The number of hydrogen-bond donors (Lipinski definition) is 5. The van der Waals surface area contributed by atoms with Gasteiger partial charge in [0, 0.05) is 34.4 Å². The predicted octanol–water partition coefficient (Wildman–Crippen LogP) is 0.963. The Morgan fingerprint density at radius 3 is 2.50 bits per heavy atom. The van der Waals surface area contributed by atoms with Crippen LogP contribution in [-0.2, 0) is 20.7 Å². The molecule has 0 bridgehead atoms. The highest BCUT2D eigenvalue weighted by Crippen LogP contribution is 2.52. The number of ether oxygens (including phenoxy) is 3. The molecule has 5 N–H and O–H groups in total. The van der Waals surface area contributed by atoms with Gasteiger partial charge in [-0.2, -0.15) is 0 Å². The van der Waals surface area contributed by atoms with Crippen molar-refractivity contribution in [2.75, 3.05) is 13.7 Å². The normalized spacial score (nSPS) is 28.8. The van der Waals surface area contributed by atoms with Crippen LogP contribution in [0.5, 0.6) is 17.2 Å². The van der Waals surface area contributed by atoms with Gasteiger partial charge in [0.15, 0.2) is 17.9 Å². The first kappa shape index (κ1) is 27.5. The van der Waals surface area contributed by atoms with Crippen molar-refractivity contribution >= 4 is 17.3 Å². The molecule has 1 fully saturated rings. The molecule has 0 radical (unpaired) electrons. The smallest absolute Gasteiger partial charge is 0.202 e. The molecule has 3 aliphatic rings. The fourth-order valence-electron chi connectivity index (χ4n) is 5.56. The summed E-state index contributed by atoms with van der Waals surface area (Å²) in [6, 6.07) is 4.31. The number of Topliss-reactive ketones (excluding diaryl/α,β-unsaturated/α-hetero) is 1. The van der Waals surface area contributed by atoms with Crippen LogP contribution in [0.25, 0.3) is 10.4 Å². The number of methoxy groups -OCH3 is 1. The van der Waals surface area contributed by atoms with Crippen LogP contribution in [0.1, 0.15) is 62.4 Å². The molecule has 2 aromatic rings. The molecule has 40 heavy (non-hydrogen) atoms. The molecule has 210 valence electrons. The minimum absolute atomic E-state index is 0.0689. The van der Waals surface area contributed by atoms with E-state index in [-0.39, 0.29) is 34.5 Å². The number of carbonyl (C=O) groups is 3. The maximum atomic E-state index is 13.6. The monoisotopic (exact) mass is 555 g/mol. The average Bonchev–Trinajstić information content (AvgIpc) is 3.19. The van der Waals surface area contributed by atoms with E-state index < -0.39 is 89.1 Å². The highest BCUT2D eigenvalue weighted by atomic mass is 16.7. The summed E-state index contributed by atoms with van der Waals surface area (Å²) < 4.78 is 16.6. The van der Waals surface area contributed by atoms with Crippen LogP contribution < -0.4 is 4.74 Å². The molecule has 2 aromatic carbocycles. The van der Waals surface area contributed by atoms with Crippen molar-refractivity contribution in [1.82, 2.24) is 0 Å². The van der Waals surface area contributed by atoms with Crippen molar-refractivity contribution in [3.63, 3.8) is 0 Å². The molecule has 0 aromatic heterocycles. The van der Waals surface area contributed by atoms with Crippen LogP contribution in [0.3, 0.4) is 0 Å². The second-order valence-corrected chi connectivity index (χ2v) is 9.91. The number of phenolic OH excluding ortho intramolecular Hbond substituents is 2. The van der Waals surface area contributed by atoms with Crippen molar-refractivity contribution < 1.29 is 54.1 Å². The van der Waals surface area contributed by atoms with Gasteiger partial charge in [-0.05, 0) is 18.5 Å². The fraction of sp³-hybridized carbons (Fsp3) is 0.423. The first-order valence-electron chi connectivity index (χ1n) is 12.2. The van der Waals surface area contributed by atoms with Crippen LogP contribution in [0.4, 0.5) is 0 Å². The third-order valence-corrected chi connectivity index (χ3v) is 7.67. The van der Waals surface area contributed by atoms with Crippen LogP contribution >= 0.6 is 0 Å². The highest BCUT2D eigenvalue weighted by molar-refractivity contribution is 6.31. The van der Waals surface area contributed by atoms with E-state index >= 15 is 0 Å². The lowest BCUT2D eigenvalue weighted by Gasteiger charge is -2.39. The lowest BCUT2D eigenvalue weighted by molar-refractivity contribution is -0.204. The van der Waals surface area contributed by atoms with E-state index in [4.69, 9.17) is 19.7 Å². The molecular weight excluding hydrogens is 530 g/mol. The Morgan fingerprint density at radius 2 is 1.85 bits per heavy atom. The van der Waals surface area contributed by atoms with Crippen molar-refractivity contribution in [3.05, 3.63) is 62.0 Å². The number of aromatic hydroxyl groups is 2. The van der Waals surface area contributed by atoms with Crippen molar-refractivity contribution in [2.24, 2.45) is 5.11 Å². The molecule has 5 rings (SSSR count). The molecule has 14 nitrogen and oxygen atoms in total. The summed E-state index contributed by atoms with van der Waals surface area (Å²) in [6.07, 6.45) is -8.42. The van der Waals surface area contributed by atoms with E-state index in [2.05, 4.69) is 10.0 Å². The van der Waals surface area contributed by atoms with Gasteiger partial charge < -0.3 is 39.7 Å². The SMILES string of the molecule is COc1cccc2c1C(=O)c1c(O)c3c(c(O)c1C2=O)C[C@@](O)(C(C)=O)CC3OC1OC(CN=[N+]=[N-])C(O)C1O. The summed E-state index contributed by atoms with van der Waals surface area (Å²) in [5.74, 6) is -3.70. The fourth-order valence-corrected chi connectivity index (χ4v) is 5.56. The largest absolute Gasteiger partial charge is 0.507 e. The van der Waals surface area contributed by atoms with Crippen molar-refractivity contribution in [1.29, 1.82) is 0 Å². The molecular formula is C26H25N3O11. The summed E-state index contributed by atoms with van der Waals surface area (Å²) in [7, 11) is 1.30. The van der Waals surface area contributed by atoms with Gasteiger partial charge in [-0.3, -0.25) is 14.4 Å². The standard InChI is InChI=1S/C26H25N3O11/c1-9(30)26(37)6-11-16(13(7-26)39-25-24(36)21(33)14(40-25)8-28-29-27)23(35)18-17(20(11)32)19(31)10-4-3-5-12(38-2)15(10)22(18)34/h3-5,13-14,21,24-25,32-33,35-37H,6-8H2,1-2H3/t13?,14?,21?,24?,25?,26-/m0/s1. The number of hydrogen-bond acceptors (Lipinski definition) is 12. The molecule has 1 aliphatic heterocycles. The number of azide groups is 1. The van der Waals surface area contributed by atoms with Gasteiger partial charge >= 0.3 is 0 Å². The topological polar surface area (TPSA) is 229 Å². The van der Waals surface area contributed by atoms with E-state index in [9.17, 15) is 39.9 Å². The maximum absolute atomic E-state index is 13.6. The minimum atomic E-state index is -2.13. The second-order valence-electron chi connectivity index (χ2n) is 9.91.